The number of nitrogens with zero attached hydrogens (tertiary/aromatic N) is 1. The van der Waals surface area contributed by atoms with Gasteiger partial charge in [-0.1, -0.05) is 72.3 Å². The van der Waals surface area contributed by atoms with Crippen molar-refractivity contribution in [3.63, 3.8) is 0 Å². The van der Waals surface area contributed by atoms with Gasteiger partial charge in [-0.3, -0.25) is 9.69 Å². The van der Waals surface area contributed by atoms with E-state index in [0.717, 1.165) is 54.7 Å². The van der Waals surface area contributed by atoms with E-state index < -0.39 is 24.2 Å². The van der Waals surface area contributed by atoms with Crippen LogP contribution in [0.15, 0.2) is 120 Å². The number of carbonyl (C=O) groups is 2. The third kappa shape index (κ3) is 11.2. The minimum atomic E-state index is -0.934. The fourth-order valence-corrected chi connectivity index (χ4v) is 8.70. The molecule has 65 heavy (non-hydrogen) atoms. The lowest BCUT2D eigenvalue weighted by Crippen LogP contribution is -2.52. The first-order valence-corrected chi connectivity index (χ1v) is 22.0. The molecule has 2 bridgehead atoms. The molecule has 3 aliphatic heterocycles. The van der Waals surface area contributed by atoms with E-state index in [1.165, 1.54) is 19.2 Å². The van der Waals surface area contributed by atoms with Gasteiger partial charge in [-0.2, -0.15) is 0 Å². The minimum Gasteiger partial charge on any atom is -0.506 e. The highest BCUT2D eigenvalue weighted by Gasteiger charge is 2.37. The van der Waals surface area contributed by atoms with Crippen LogP contribution in [-0.2, 0) is 22.6 Å². The Kier molecular flexibility index (Phi) is 14.5. The molecule has 5 aromatic carbocycles. The van der Waals surface area contributed by atoms with Crippen molar-refractivity contribution in [2.75, 3.05) is 46.5 Å². The van der Waals surface area contributed by atoms with Crippen LogP contribution in [0.2, 0.25) is 5.02 Å². The van der Waals surface area contributed by atoms with Crippen molar-refractivity contribution in [3.05, 3.63) is 164 Å². The van der Waals surface area contributed by atoms with Crippen molar-refractivity contribution in [1.29, 1.82) is 0 Å². The van der Waals surface area contributed by atoms with Crippen LogP contribution in [0.25, 0.3) is 10.9 Å². The van der Waals surface area contributed by atoms with Gasteiger partial charge in [0.1, 0.15) is 37.4 Å². The van der Waals surface area contributed by atoms with Crippen LogP contribution < -0.4 is 30.4 Å². The summed E-state index contributed by atoms with van der Waals surface area (Å²) in [7, 11) is 1.49. The molecule has 0 aliphatic carbocycles. The number of aliphatic hydroxyl groups is 1. The Balaban J connectivity index is 0.795. The molecule has 6 aromatic rings. The van der Waals surface area contributed by atoms with Crippen molar-refractivity contribution in [3.8, 4) is 23.0 Å². The molecule has 3 fully saturated rings. The number of amides is 1. The Morgan fingerprint density at radius 3 is 2.42 bits per heavy atom. The van der Waals surface area contributed by atoms with Crippen LogP contribution in [0.4, 0.5) is 4.79 Å². The number of nitrogens with one attached hydrogen (secondary N) is 3. The number of hydrogen-bond donors (Lipinski definition) is 5. The monoisotopic (exact) mass is 902 g/mol. The number of carbonyl (C=O) groups excluding carboxylic acids is 2. The molecule has 5 N–H and O–H groups in total. The van der Waals surface area contributed by atoms with Gasteiger partial charge < -0.3 is 49.5 Å². The zero-order valence-electron chi connectivity index (χ0n) is 35.8. The number of rotatable bonds is 18. The van der Waals surface area contributed by atoms with E-state index in [9.17, 15) is 24.6 Å². The molecular formula is C50H51ClN4O10. The first-order valence-electron chi connectivity index (χ1n) is 21.6. The molecule has 9 rings (SSSR count). The number of aromatic hydroxyl groups is 1. The van der Waals surface area contributed by atoms with Crippen LogP contribution in [0, 0.1) is 5.92 Å². The van der Waals surface area contributed by atoms with Crippen molar-refractivity contribution >= 4 is 34.6 Å². The number of methoxy groups -OCH3 is 1. The van der Waals surface area contributed by atoms with Crippen molar-refractivity contribution in [1.82, 2.24) is 20.5 Å². The number of piperidine rings is 3. The minimum absolute atomic E-state index is 0.0179. The summed E-state index contributed by atoms with van der Waals surface area (Å²) >= 11 is 6.59. The number of alkyl carbamates (subject to hydrolysis) is 1. The number of hydrogen-bond acceptors (Lipinski definition) is 12. The molecule has 0 radical (unpaired) electrons. The van der Waals surface area contributed by atoms with Gasteiger partial charge in [0.2, 0.25) is 5.56 Å². The average Bonchev–Trinajstić information content (AvgIpc) is 3.33. The van der Waals surface area contributed by atoms with Crippen LogP contribution >= 0.6 is 11.6 Å². The van der Waals surface area contributed by atoms with Crippen LogP contribution in [0.3, 0.4) is 0 Å². The third-order valence-corrected chi connectivity index (χ3v) is 12.1. The van der Waals surface area contributed by atoms with E-state index in [1.807, 2.05) is 54.6 Å². The second-order valence-electron chi connectivity index (χ2n) is 16.2. The van der Waals surface area contributed by atoms with Crippen LogP contribution in [-0.4, -0.2) is 84.8 Å². The molecule has 14 nitrogen and oxygen atoms in total. The van der Waals surface area contributed by atoms with Crippen molar-refractivity contribution < 1.29 is 43.5 Å². The predicted octanol–water partition coefficient (Wildman–Crippen LogP) is 7.44. The number of aliphatic hydroxyl groups excluding tert-OH is 1. The van der Waals surface area contributed by atoms with Crippen LogP contribution in [0.5, 0.6) is 23.0 Å². The van der Waals surface area contributed by atoms with Crippen LogP contribution in [0.1, 0.15) is 63.2 Å². The third-order valence-electron chi connectivity index (χ3n) is 11.8. The Hall–Kier alpha value is -6.58. The highest BCUT2D eigenvalue weighted by atomic mass is 35.5. The molecule has 1 amide bonds. The molecule has 15 heteroatoms. The number of ether oxygens (including phenoxy) is 5. The van der Waals surface area contributed by atoms with E-state index in [-0.39, 0.29) is 49.3 Å². The van der Waals surface area contributed by atoms with Crippen molar-refractivity contribution in [2.24, 2.45) is 5.92 Å². The molecule has 3 aliphatic rings. The highest BCUT2D eigenvalue weighted by Crippen LogP contribution is 2.37. The number of aromatic nitrogens is 1. The number of fused-ring (bicyclic) bond motifs is 4. The van der Waals surface area contributed by atoms with Crippen molar-refractivity contribution in [2.45, 2.75) is 44.2 Å². The van der Waals surface area contributed by atoms with Gasteiger partial charge in [0, 0.05) is 31.1 Å². The number of benzene rings is 5. The number of halogens is 1. The summed E-state index contributed by atoms with van der Waals surface area (Å²) in [4.78, 5) is 42.9. The number of phenols is 1. The molecule has 3 atom stereocenters. The van der Waals surface area contributed by atoms with Gasteiger partial charge in [0.15, 0.2) is 11.5 Å². The molecule has 0 saturated carbocycles. The van der Waals surface area contributed by atoms with E-state index in [2.05, 4.69) is 20.5 Å². The number of esters is 1. The Labute approximate surface area is 381 Å². The highest BCUT2D eigenvalue weighted by molar-refractivity contribution is 6.32. The lowest BCUT2D eigenvalue weighted by molar-refractivity contribution is -0.0336. The smallest absolute Gasteiger partial charge is 0.408 e. The fourth-order valence-electron chi connectivity index (χ4n) is 8.42. The molecule has 338 valence electrons. The maximum Gasteiger partial charge on any atom is 0.408 e. The lowest BCUT2D eigenvalue weighted by Gasteiger charge is -2.43. The van der Waals surface area contributed by atoms with Gasteiger partial charge >= 0.3 is 12.1 Å². The molecule has 0 unspecified atom stereocenters. The van der Waals surface area contributed by atoms with E-state index in [0.29, 0.717) is 51.2 Å². The molecule has 4 heterocycles. The maximum absolute atomic E-state index is 13.3. The standard InChI is InChI=1S/C50H51ClN4O10/c1-61-43-25-32(27-52-28-42(57)38-14-16-41(56)47-39(38)15-17-45(58)53-47)24-40(51)48(43)62-22-23-63-49(59)35-12-10-31(11-13-35)30-64-37-9-5-8-36(26-37)46(34-6-3-2-4-7-34)54-50(60)65-44-29-55-20-18-33(44)19-21-55/h2-17,24-26,33,42,44,46,52,56-57H,18-23,27-30H2,1H3,(H,53,58)(H,54,60)/t42-,44-,46-/m0/s1. The molecule has 0 spiro atoms. The SMILES string of the molecule is COc1cc(CNC[C@H](O)c2ccc(O)c3[nH]c(=O)ccc23)cc(Cl)c1OCCOC(=O)c1ccc(COc2cccc([C@@H](NC(=O)O[C@H]3CN4CCC3CC4)c3ccccc3)c2)cc1. The first kappa shape index (κ1) is 45.0. The molecular weight excluding hydrogens is 852 g/mol. The van der Waals surface area contributed by atoms with E-state index in [4.69, 9.17) is 35.3 Å². The maximum atomic E-state index is 13.3. The summed E-state index contributed by atoms with van der Waals surface area (Å²) in [5.74, 6) is 1.10. The zero-order valence-corrected chi connectivity index (χ0v) is 36.6. The predicted molar refractivity (Wildman–Crippen MR) is 245 cm³/mol. The Morgan fingerprint density at radius 1 is 0.877 bits per heavy atom. The quantitative estimate of drug-likeness (QED) is 0.0426. The largest absolute Gasteiger partial charge is 0.506 e. The number of H-pyrrole nitrogens is 1. The summed E-state index contributed by atoms with van der Waals surface area (Å²) in [5, 5.41) is 28.2. The van der Waals surface area contributed by atoms with Gasteiger partial charge in [0.25, 0.3) is 0 Å². The molecule has 1 aromatic heterocycles. The Bertz CT molecular complexity index is 2650. The number of aromatic amines is 1. The van der Waals surface area contributed by atoms with E-state index >= 15 is 0 Å². The molecule has 3 saturated heterocycles. The van der Waals surface area contributed by atoms with E-state index in [1.54, 1.807) is 48.5 Å². The first-order chi connectivity index (χ1) is 31.6. The second-order valence-corrected chi connectivity index (χ2v) is 16.6. The summed E-state index contributed by atoms with van der Waals surface area (Å²) < 4.78 is 29.0. The van der Waals surface area contributed by atoms with Gasteiger partial charge in [-0.15, -0.1) is 0 Å². The lowest BCUT2D eigenvalue weighted by atomic mass is 9.86. The summed E-state index contributed by atoms with van der Waals surface area (Å²) in [6.45, 7) is 3.64. The fraction of sp³-hybridized carbons (Fsp3) is 0.300. The van der Waals surface area contributed by atoms with Gasteiger partial charge in [-0.25, -0.2) is 9.59 Å². The van der Waals surface area contributed by atoms with Gasteiger partial charge in [-0.05, 0) is 108 Å². The number of phenolic OH excluding ortho intramolecular Hbond substituents is 1. The summed E-state index contributed by atoms with van der Waals surface area (Å²) in [6.07, 6.45) is 0.638. The normalized spacial score (nSPS) is 17.5. The topological polar surface area (TPSA) is 181 Å². The van der Waals surface area contributed by atoms with Gasteiger partial charge in [0.05, 0.1) is 35.4 Å². The summed E-state index contributed by atoms with van der Waals surface area (Å²) in [5.41, 5.74) is 4.20. The zero-order chi connectivity index (χ0) is 45.3. The number of pyridine rings is 1. The Morgan fingerprint density at radius 2 is 1.66 bits per heavy atom. The average molecular weight is 903 g/mol. The summed E-state index contributed by atoms with van der Waals surface area (Å²) in [6, 6.07) is 33.3. The second kappa shape index (κ2) is 20.9.